The van der Waals surface area contributed by atoms with Gasteiger partial charge in [-0.15, -0.1) is 13.2 Å². The van der Waals surface area contributed by atoms with Gasteiger partial charge in [-0.3, -0.25) is 0 Å². The van der Waals surface area contributed by atoms with Crippen LogP contribution in [0.4, 0.5) is 13.2 Å². The van der Waals surface area contributed by atoms with Crippen LogP contribution < -0.4 is 14.8 Å². The highest BCUT2D eigenvalue weighted by Crippen LogP contribution is 2.33. The Morgan fingerprint density at radius 1 is 1.29 bits per heavy atom. The molecule has 1 unspecified atom stereocenters. The lowest BCUT2D eigenvalue weighted by molar-refractivity contribution is -0.274. The first-order chi connectivity index (χ1) is 9.73. The fourth-order valence-electron chi connectivity index (χ4n) is 1.64. The second-order valence-electron chi connectivity index (χ2n) is 4.85. The molecular formula is C14H19BrF3NO2. The Bertz CT molecular complexity index is 452. The Morgan fingerprint density at radius 2 is 1.95 bits per heavy atom. The summed E-state index contributed by atoms with van der Waals surface area (Å²) in [6, 6.07) is 4.17. The maximum Gasteiger partial charge on any atom is 0.573 e. The second kappa shape index (κ2) is 7.89. The molecule has 0 aliphatic rings. The van der Waals surface area contributed by atoms with Crippen molar-refractivity contribution in [2.24, 2.45) is 5.92 Å². The first kappa shape index (κ1) is 18.1. The monoisotopic (exact) mass is 369 g/mol. The van der Waals surface area contributed by atoms with E-state index >= 15 is 0 Å². The van der Waals surface area contributed by atoms with Gasteiger partial charge in [-0.2, -0.15) is 0 Å². The summed E-state index contributed by atoms with van der Waals surface area (Å²) in [6.07, 6.45) is -4.78. The van der Waals surface area contributed by atoms with Gasteiger partial charge in [-0.1, -0.05) is 20.8 Å². The van der Waals surface area contributed by atoms with Crippen LogP contribution in [-0.4, -0.2) is 25.6 Å². The van der Waals surface area contributed by atoms with Crippen LogP contribution >= 0.6 is 15.9 Å². The van der Waals surface area contributed by atoms with Crippen LogP contribution in [0.2, 0.25) is 0 Å². The van der Waals surface area contributed by atoms with E-state index in [0.717, 1.165) is 6.54 Å². The molecule has 0 aliphatic heterocycles. The number of likely N-dealkylation sites (N-methyl/N-ethyl adjacent to an activating group) is 1. The van der Waals surface area contributed by atoms with Gasteiger partial charge in [0.2, 0.25) is 0 Å². The van der Waals surface area contributed by atoms with E-state index in [0.29, 0.717) is 12.3 Å². The van der Waals surface area contributed by atoms with Gasteiger partial charge in [0.25, 0.3) is 0 Å². The average molecular weight is 370 g/mol. The highest BCUT2D eigenvalue weighted by atomic mass is 79.9. The number of ether oxygens (including phenoxy) is 2. The Balaban J connectivity index is 2.78. The van der Waals surface area contributed by atoms with Gasteiger partial charge in [0, 0.05) is 6.54 Å². The molecule has 0 spiro atoms. The number of rotatable bonds is 7. The van der Waals surface area contributed by atoms with Crippen molar-refractivity contribution in [3.8, 4) is 11.5 Å². The summed E-state index contributed by atoms with van der Waals surface area (Å²) in [5, 5.41) is 3.20. The summed E-state index contributed by atoms with van der Waals surface area (Å²) in [5.74, 6) is 0.476. The van der Waals surface area contributed by atoms with Gasteiger partial charge in [0.1, 0.15) is 17.6 Å². The Morgan fingerprint density at radius 3 is 2.43 bits per heavy atom. The molecule has 0 aromatic heterocycles. The molecule has 7 heteroatoms. The van der Waals surface area contributed by atoms with Crippen LogP contribution in [0.5, 0.6) is 11.5 Å². The Labute approximate surface area is 130 Å². The first-order valence-corrected chi connectivity index (χ1v) is 7.45. The SMILES string of the molecule is CCNCC(Oc1ccc(OC(F)(F)F)c(Br)c1)C(C)C. The molecule has 0 saturated heterocycles. The molecule has 0 aliphatic carbocycles. The van der Waals surface area contributed by atoms with Gasteiger partial charge in [-0.25, -0.2) is 0 Å². The normalized spacial score (nSPS) is 13.3. The third-order valence-electron chi connectivity index (χ3n) is 2.76. The van der Waals surface area contributed by atoms with E-state index < -0.39 is 6.36 Å². The molecule has 3 nitrogen and oxygen atoms in total. The van der Waals surface area contributed by atoms with Gasteiger partial charge in [0.05, 0.1) is 4.47 Å². The third-order valence-corrected chi connectivity index (χ3v) is 3.38. The quantitative estimate of drug-likeness (QED) is 0.774. The summed E-state index contributed by atoms with van der Waals surface area (Å²) < 4.78 is 46.5. The van der Waals surface area contributed by atoms with Crippen molar-refractivity contribution in [1.29, 1.82) is 0 Å². The summed E-state index contributed by atoms with van der Waals surface area (Å²) >= 11 is 3.06. The average Bonchev–Trinajstić information content (AvgIpc) is 2.36. The van der Waals surface area contributed by atoms with Crippen molar-refractivity contribution < 1.29 is 22.6 Å². The summed E-state index contributed by atoms with van der Waals surface area (Å²) in [4.78, 5) is 0. The third kappa shape index (κ3) is 6.56. The van der Waals surface area contributed by atoms with Gasteiger partial charge in [-0.05, 0) is 46.6 Å². The first-order valence-electron chi connectivity index (χ1n) is 6.65. The second-order valence-corrected chi connectivity index (χ2v) is 5.70. The van der Waals surface area contributed by atoms with E-state index in [9.17, 15) is 13.2 Å². The molecule has 1 rings (SSSR count). The minimum atomic E-state index is -4.71. The zero-order valence-corrected chi connectivity index (χ0v) is 13.7. The smallest absolute Gasteiger partial charge is 0.489 e. The molecule has 120 valence electrons. The van der Waals surface area contributed by atoms with Crippen molar-refractivity contribution >= 4 is 15.9 Å². The molecule has 0 saturated carbocycles. The molecule has 0 heterocycles. The standard InChI is InChI=1S/C14H19BrF3NO2/c1-4-19-8-13(9(2)3)20-10-5-6-12(11(15)7-10)21-14(16,17)18/h5-7,9,13,19H,4,8H2,1-3H3. The zero-order valence-electron chi connectivity index (χ0n) is 12.1. The number of halogens is 4. The molecule has 0 fully saturated rings. The predicted octanol–water partition coefficient (Wildman–Crippen LogP) is 4.36. The lowest BCUT2D eigenvalue weighted by atomic mass is 10.1. The van der Waals surface area contributed by atoms with Crippen molar-refractivity contribution in [3.63, 3.8) is 0 Å². The van der Waals surface area contributed by atoms with Crippen molar-refractivity contribution in [2.45, 2.75) is 33.2 Å². The number of benzene rings is 1. The van der Waals surface area contributed by atoms with E-state index in [1.54, 1.807) is 0 Å². The highest BCUT2D eigenvalue weighted by Gasteiger charge is 2.32. The van der Waals surface area contributed by atoms with E-state index in [2.05, 4.69) is 26.0 Å². The molecule has 1 N–H and O–H groups in total. The number of nitrogens with one attached hydrogen (secondary N) is 1. The minimum absolute atomic E-state index is 0.0637. The molecule has 0 bridgehead atoms. The van der Waals surface area contributed by atoms with Gasteiger partial charge >= 0.3 is 6.36 Å². The Kier molecular flexibility index (Phi) is 6.80. The van der Waals surface area contributed by atoms with E-state index in [4.69, 9.17) is 4.74 Å². The summed E-state index contributed by atoms with van der Waals surface area (Å²) in [5.41, 5.74) is 0. The van der Waals surface area contributed by atoms with Crippen molar-refractivity contribution in [3.05, 3.63) is 22.7 Å². The number of hydrogen-bond acceptors (Lipinski definition) is 3. The zero-order chi connectivity index (χ0) is 16.0. The molecule has 21 heavy (non-hydrogen) atoms. The van der Waals surface area contributed by atoms with Crippen LogP contribution in [0, 0.1) is 5.92 Å². The van der Waals surface area contributed by atoms with E-state index in [1.165, 1.54) is 18.2 Å². The van der Waals surface area contributed by atoms with Gasteiger partial charge in [0.15, 0.2) is 0 Å². The predicted molar refractivity (Wildman–Crippen MR) is 78.6 cm³/mol. The summed E-state index contributed by atoms with van der Waals surface area (Å²) in [6.45, 7) is 7.55. The molecule has 0 radical (unpaired) electrons. The van der Waals surface area contributed by atoms with Gasteiger partial charge < -0.3 is 14.8 Å². The van der Waals surface area contributed by atoms with Crippen molar-refractivity contribution in [1.82, 2.24) is 5.32 Å². The molecular weight excluding hydrogens is 351 g/mol. The lowest BCUT2D eigenvalue weighted by Crippen LogP contribution is -2.35. The van der Waals surface area contributed by atoms with Crippen LogP contribution in [0.15, 0.2) is 22.7 Å². The maximum absolute atomic E-state index is 12.2. The van der Waals surface area contributed by atoms with Crippen LogP contribution in [0.1, 0.15) is 20.8 Å². The van der Waals surface area contributed by atoms with E-state index in [-0.39, 0.29) is 22.2 Å². The largest absolute Gasteiger partial charge is 0.573 e. The van der Waals surface area contributed by atoms with Crippen LogP contribution in [0.3, 0.4) is 0 Å². The highest BCUT2D eigenvalue weighted by molar-refractivity contribution is 9.10. The number of hydrogen-bond donors (Lipinski definition) is 1. The van der Waals surface area contributed by atoms with E-state index in [1.807, 2.05) is 20.8 Å². The topological polar surface area (TPSA) is 30.5 Å². The van der Waals surface area contributed by atoms with Crippen LogP contribution in [-0.2, 0) is 0 Å². The molecule has 1 aromatic rings. The molecule has 1 aromatic carbocycles. The van der Waals surface area contributed by atoms with Crippen LogP contribution in [0.25, 0.3) is 0 Å². The Hall–Kier alpha value is -0.950. The fraction of sp³-hybridized carbons (Fsp3) is 0.571. The fourth-order valence-corrected chi connectivity index (χ4v) is 2.08. The summed E-state index contributed by atoms with van der Waals surface area (Å²) in [7, 11) is 0. The minimum Gasteiger partial charge on any atom is -0.489 e. The lowest BCUT2D eigenvalue weighted by Gasteiger charge is -2.23. The maximum atomic E-state index is 12.2. The molecule has 0 amide bonds. The van der Waals surface area contributed by atoms with Crippen molar-refractivity contribution in [2.75, 3.05) is 13.1 Å². The molecule has 1 atom stereocenters. The number of alkyl halides is 3.